The molecule has 19 heavy (non-hydrogen) atoms. The van der Waals surface area contributed by atoms with Gasteiger partial charge in [-0.25, -0.2) is 4.39 Å². The number of unbranched alkanes of at least 4 members (excludes halogenated alkanes) is 1. The van der Waals surface area contributed by atoms with Gasteiger partial charge in [0.25, 0.3) is 0 Å². The number of carbonyl (C=O) groups is 1. The Morgan fingerprint density at radius 3 is 2.47 bits per heavy atom. The number of aliphatic hydroxyl groups is 1. The fraction of sp³-hybridized carbons (Fsp3) is 0.533. The van der Waals surface area contributed by atoms with E-state index in [1.54, 1.807) is 12.1 Å². The fourth-order valence-electron chi connectivity index (χ4n) is 1.73. The van der Waals surface area contributed by atoms with Crippen LogP contribution in [0, 0.1) is 11.7 Å². The molecule has 0 aliphatic carbocycles. The summed E-state index contributed by atoms with van der Waals surface area (Å²) in [5, 5.41) is 12.7. The van der Waals surface area contributed by atoms with Crippen LogP contribution in [0.4, 0.5) is 4.39 Å². The first-order valence-electron chi connectivity index (χ1n) is 6.72. The second-order valence-corrected chi connectivity index (χ2v) is 5.01. The number of hydrogen-bond donors (Lipinski definition) is 2. The van der Waals surface area contributed by atoms with Crippen LogP contribution in [0.25, 0.3) is 0 Å². The quantitative estimate of drug-likeness (QED) is 0.746. The molecular formula is C15H22FNO2. The van der Waals surface area contributed by atoms with Crippen molar-refractivity contribution in [2.45, 2.75) is 39.2 Å². The second-order valence-electron chi connectivity index (χ2n) is 5.01. The van der Waals surface area contributed by atoms with Gasteiger partial charge in [-0.05, 0) is 37.0 Å². The summed E-state index contributed by atoms with van der Waals surface area (Å²) in [7, 11) is 0. The molecule has 1 aromatic carbocycles. The molecule has 0 aliphatic rings. The smallest absolute Gasteiger partial charge is 0.222 e. The summed E-state index contributed by atoms with van der Waals surface area (Å²) in [6.45, 7) is 4.34. The van der Waals surface area contributed by atoms with Gasteiger partial charge in [-0.15, -0.1) is 0 Å². The summed E-state index contributed by atoms with van der Waals surface area (Å²) in [6.07, 6.45) is 1.69. The summed E-state index contributed by atoms with van der Waals surface area (Å²) in [5.41, 5.74) is 0.729. The lowest BCUT2D eigenvalue weighted by molar-refractivity contribution is -0.123. The number of aliphatic hydroxyl groups excluding tert-OH is 1. The van der Waals surface area contributed by atoms with Crippen molar-refractivity contribution < 1.29 is 14.3 Å². The van der Waals surface area contributed by atoms with Crippen molar-refractivity contribution in [3.63, 3.8) is 0 Å². The van der Waals surface area contributed by atoms with Gasteiger partial charge in [0.2, 0.25) is 5.91 Å². The fourth-order valence-corrected chi connectivity index (χ4v) is 1.73. The Labute approximate surface area is 113 Å². The van der Waals surface area contributed by atoms with Crippen LogP contribution < -0.4 is 5.32 Å². The molecule has 4 heteroatoms. The van der Waals surface area contributed by atoms with E-state index in [0.29, 0.717) is 13.0 Å². The predicted molar refractivity (Wildman–Crippen MR) is 73.1 cm³/mol. The number of hydrogen-bond acceptors (Lipinski definition) is 2. The third-order valence-electron chi connectivity index (χ3n) is 2.98. The van der Waals surface area contributed by atoms with Gasteiger partial charge in [0.1, 0.15) is 5.82 Å². The average Bonchev–Trinajstić information content (AvgIpc) is 2.38. The maximum atomic E-state index is 12.7. The van der Waals surface area contributed by atoms with E-state index in [2.05, 4.69) is 5.32 Å². The van der Waals surface area contributed by atoms with Gasteiger partial charge >= 0.3 is 0 Å². The lowest BCUT2D eigenvalue weighted by atomic mass is 10.0. The van der Waals surface area contributed by atoms with Crippen LogP contribution in [0.1, 0.15) is 44.8 Å². The Hall–Kier alpha value is -1.42. The highest BCUT2D eigenvalue weighted by atomic mass is 19.1. The lowest BCUT2D eigenvalue weighted by Gasteiger charge is -2.11. The topological polar surface area (TPSA) is 49.3 Å². The normalized spacial score (nSPS) is 12.5. The standard InChI is InChI=1S/C15H22FNO2/c1-11(2)15(19)17-10-4-3-5-14(18)12-6-8-13(16)9-7-12/h6-9,11,14,18H,3-5,10H2,1-2H3,(H,17,19). The van der Waals surface area contributed by atoms with Crippen LogP contribution in [0.3, 0.4) is 0 Å². The summed E-state index contributed by atoms with van der Waals surface area (Å²) in [5.74, 6) is -0.240. The molecule has 0 radical (unpaired) electrons. The molecule has 0 saturated heterocycles. The zero-order valence-electron chi connectivity index (χ0n) is 11.5. The number of nitrogens with one attached hydrogen (secondary N) is 1. The van der Waals surface area contributed by atoms with Gasteiger partial charge in [-0.2, -0.15) is 0 Å². The third-order valence-corrected chi connectivity index (χ3v) is 2.98. The van der Waals surface area contributed by atoms with Crippen molar-refractivity contribution in [3.05, 3.63) is 35.6 Å². The number of rotatable bonds is 7. The number of carbonyl (C=O) groups excluding carboxylic acids is 1. The molecule has 0 fully saturated rings. The molecule has 1 rings (SSSR count). The predicted octanol–water partition coefficient (Wildman–Crippen LogP) is 2.80. The highest BCUT2D eigenvalue weighted by molar-refractivity contribution is 5.77. The summed E-state index contributed by atoms with van der Waals surface area (Å²) >= 11 is 0. The summed E-state index contributed by atoms with van der Waals surface area (Å²) in [6, 6.07) is 5.89. The molecule has 0 aromatic heterocycles. The van der Waals surface area contributed by atoms with Gasteiger partial charge in [-0.1, -0.05) is 26.0 Å². The maximum Gasteiger partial charge on any atom is 0.222 e. The first-order chi connectivity index (χ1) is 9.00. The Morgan fingerprint density at radius 1 is 1.26 bits per heavy atom. The molecule has 0 bridgehead atoms. The van der Waals surface area contributed by atoms with Crippen LogP contribution >= 0.6 is 0 Å². The van der Waals surface area contributed by atoms with Crippen molar-refractivity contribution in [2.75, 3.05) is 6.54 Å². The molecule has 1 unspecified atom stereocenters. The SMILES string of the molecule is CC(C)C(=O)NCCCCC(O)c1ccc(F)cc1. The van der Waals surface area contributed by atoms with E-state index < -0.39 is 6.10 Å². The molecule has 1 aromatic rings. The van der Waals surface area contributed by atoms with Gasteiger partial charge in [0, 0.05) is 12.5 Å². The van der Waals surface area contributed by atoms with E-state index in [0.717, 1.165) is 18.4 Å². The van der Waals surface area contributed by atoms with Crippen molar-refractivity contribution in [2.24, 2.45) is 5.92 Å². The second kappa shape index (κ2) is 7.89. The van der Waals surface area contributed by atoms with Crippen molar-refractivity contribution in [3.8, 4) is 0 Å². The van der Waals surface area contributed by atoms with Gasteiger partial charge in [0.05, 0.1) is 6.10 Å². The average molecular weight is 267 g/mol. The van der Waals surface area contributed by atoms with E-state index in [4.69, 9.17) is 0 Å². The first-order valence-corrected chi connectivity index (χ1v) is 6.72. The van der Waals surface area contributed by atoms with Crippen molar-refractivity contribution in [1.29, 1.82) is 0 Å². The van der Waals surface area contributed by atoms with E-state index in [-0.39, 0.29) is 17.6 Å². The number of amides is 1. The van der Waals surface area contributed by atoms with Crippen LogP contribution in [-0.4, -0.2) is 17.6 Å². The first kappa shape index (κ1) is 15.6. The van der Waals surface area contributed by atoms with E-state index in [9.17, 15) is 14.3 Å². The van der Waals surface area contributed by atoms with E-state index in [1.165, 1.54) is 12.1 Å². The van der Waals surface area contributed by atoms with Crippen LogP contribution in [0.2, 0.25) is 0 Å². The van der Waals surface area contributed by atoms with E-state index >= 15 is 0 Å². The zero-order valence-corrected chi connectivity index (χ0v) is 11.5. The van der Waals surface area contributed by atoms with Crippen LogP contribution in [0.15, 0.2) is 24.3 Å². The van der Waals surface area contributed by atoms with Crippen LogP contribution in [0.5, 0.6) is 0 Å². The molecular weight excluding hydrogens is 245 g/mol. The highest BCUT2D eigenvalue weighted by Gasteiger charge is 2.08. The van der Waals surface area contributed by atoms with E-state index in [1.807, 2.05) is 13.8 Å². The summed E-state index contributed by atoms with van der Waals surface area (Å²) < 4.78 is 12.7. The minimum atomic E-state index is -0.568. The Kier molecular flexibility index (Phi) is 6.50. The van der Waals surface area contributed by atoms with Gasteiger partial charge in [0.15, 0.2) is 0 Å². The molecule has 106 valence electrons. The molecule has 0 saturated carbocycles. The Balaban J connectivity index is 2.19. The largest absolute Gasteiger partial charge is 0.388 e. The summed E-state index contributed by atoms with van der Waals surface area (Å²) in [4.78, 5) is 11.3. The zero-order chi connectivity index (χ0) is 14.3. The minimum Gasteiger partial charge on any atom is -0.388 e. The molecule has 1 atom stereocenters. The molecule has 1 amide bonds. The lowest BCUT2D eigenvalue weighted by Crippen LogP contribution is -2.28. The minimum absolute atomic E-state index is 0.00445. The van der Waals surface area contributed by atoms with Crippen LogP contribution in [-0.2, 0) is 4.79 Å². The van der Waals surface area contributed by atoms with Gasteiger partial charge in [-0.3, -0.25) is 4.79 Å². The van der Waals surface area contributed by atoms with Crippen molar-refractivity contribution >= 4 is 5.91 Å². The number of halogens is 1. The van der Waals surface area contributed by atoms with Crippen molar-refractivity contribution in [1.82, 2.24) is 5.32 Å². The monoisotopic (exact) mass is 267 g/mol. The Morgan fingerprint density at radius 2 is 1.89 bits per heavy atom. The maximum absolute atomic E-state index is 12.7. The Bertz CT molecular complexity index is 390. The molecule has 3 nitrogen and oxygen atoms in total. The third kappa shape index (κ3) is 5.83. The highest BCUT2D eigenvalue weighted by Crippen LogP contribution is 2.19. The molecule has 2 N–H and O–H groups in total. The molecule has 0 spiro atoms. The van der Waals surface area contributed by atoms with Gasteiger partial charge < -0.3 is 10.4 Å². The molecule has 0 aliphatic heterocycles. The number of benzene rings is 1. The molecule has 0 heterocycles.